The highest BCUT2D eigenvalue weighted by molar-refractivity contribution is 5.93. The molecule has 7 heteroatoms. The van der Waals surface area contributed by atoms with Crippen molar-refractivity contribution in [2.45, 2.75) is 33.1 Å². The van der Waals surface area contributed by atoms with E-state index < -0.39 is 11.8 Å². The lowest BCUT2D eigenvalue weighted by molar-refractivity contribution is -0.123. The molecule has 0 aliphatic rings. The van der Waals surface area contributed by atoms with Gasteiger partial charge in [-0.25, -0.2) is 0 Å². The molecule has 7 nitrogen and oxygen atoms in total. The van der Waals surface area contributed by atoms with Crippen molar-refractivity contribution in [3.63, 3.8) is 0 Å². The summed E-state index contributed by atoms with van der Waals surface area (Å²) in [7, 11) is 0. The Kier molecular flexibility index (Phi) is 5.23. The first kappa shape index (κ1) is 17.5. The average Bonchev–Trinajstić information content (AvgIpc) is 3.02. The van der Waals surface area contributed by atoms with Gasteiger partial charge in [0.1, 0.15) is 5.75 Å². The molecule has 0 aliphatic heterocycles. The van der Waals surface area contributed by atoms with E-state index in [4.69, 9.17) is 4.74 Å². The fourth-order valence-electron chi connectivity index (χ4n) is 1.83. The summed E-state index contributed by atoms with van der Waals surface area (Å²) < 4.78 is 5.32. The Balaban J connectivity index is 1.79. The molecule has 1 aromatic carbocycles. The Morgan fingerprint density at radius 2 is 1.83 bits per heavy atom. The Labute approximate surface area is 140 Å². The van der Waals surface area contributed by atoms with Crippen molar-refractivity contribution in [1.29, 1.82) is 0 Å². The Hall–Kier alpha value is -2.83. The first-order valence-corrected chi connectivity index (χ1v) is 7.60. The second kappa shape index (κ2) is 7.16. The lowest BCUT2D eigenvalue weighted by atomic mass is 9.92. The second-order valence-electron chi connectivity index (χ2n) is 6.52. The third kappa shape index (κ3) is 4.84. The van der Waals surface area contributed by atoms with E-state index >= 15 is 0 Å². The summed E-state index contributed by atoms with van der Waals surface area (Å²) in [6.07, 6.45) is 0. The van der Waals surface area contributed by atoms with Gasteiger partial charge in [-0.2, -0.15) is 5.10 Å². The van der Waals surface area contributed by atoms with Gasteiger partial charge in [0, 0.05) is 11.1 Å². The molecule has 3 N–H and O–H groups in total. The van der Waals surface area contributed by atoms with Crippen LogP contribution in [0.1, 0.15) is 42.5 Å². The number of aromatic amines is 1. The van der Waals surface area contributed by atoms with Crippen LogP contribution in [0.3, 0.4) is 0 Å². The predicted octanol–water partition coefficient (Wildman–Crippen LogP) is 1.86. The molecule has 1 aromatic heterocycles. The van der Waals surface area contributed by atoms with Gasteiger partial charge in [-0.3, -0.25) is 25.5 Å². The van der Waals surface area contributed by atoms with E-state index in [0.29, 0.717) is 5.75 Å². The van der Waals surface area contributed by atoms with Crippen LogP contribution >= 0.6 is 0 Å². The molecule has 0 saturated heterocycles. The van der Waals surface area contributed by atoms with Crippen molar-refractivity contribution in [1.82, 2.24) is 21.0 Å². The van der Waals surface area contributed by atoms with Gasteiger partial charge in [-0.15, -0.1) is 0 Å². The number of amides is 2. The maximum absolute atomic E-state index is 12.0. The molecule has 0 radical (unpaired) electrons. The second-order valence-corrected chi connectivity index (χ2v) is 6.52. The maximum Gasteiger partial charge on any atom is 0.290 e. The molecule has 128 valence electrons. The van der Waals surface area contributed by atoms with Crippen LogP contribution in [0.25, 0.3) is 0 Å². The van der Waals surface area contributed by atoms with Crippen LogP contribution in [0.2, 0.25) is 0 Å². The molecule has 0 saturated carbocycles. The highest BCUT2D eigenvalue weighted by atomic mass is 16.5. The SMILES string of the molecule is Cc1ccc(OCC(=O)NNC(=O)c2cc(C(C)(C)C)[nH]n2)cc1. The van der Waals surface area contributed by atoms with Gasteiger partial charge in [0.2, 0.25) is 0 Å². The van der Waals surface area contributed by atoms with Crippen LogP contribution in [0, 0.1) is 6.92 Å². The standard InChI is InChI=1S/C17H22N4O3/c1-11-5-7-12(8-6-11)24-10-15(22)20-21-16(23)13-9-14(19-18-13)17(2,3)4/h5-9H,10H2,1-4H3,(H,18,19)(H,20,22)(H,21,23). The van der Waals surface area contributed by atoms with E-state index in [2.05, 4.69) is 21.0 Å². The van der Waals surface area contributed by atoms with Crippen molar-refractivity contribution >= 4 is 11.8 Å². The molecule has 1 heterocycles. The zero-order chi connectivity index (χ0) is 17.7. The quantitative estimate of drug-likeness (QED) is 0.746. The van der Waals surface area contributed by atoms with Crippen LogP contribution in [0.15, 0.2) is 30.3 Å². The zero-order valence-corrected chi connectivity index (χ0v) is 14.3. The van der Waals surface area contributed by atoms with E-state index in [1.54, 1.807) is 18.2 Å². The fraction of sp³-hybridized carbons (Fsp3) is 0.353. The lowest BCUT2D eigenvalue weighted by Crippen LogP contribution is -2.44. The van der Waals surface area contributed by atoms with Crippen LogP contribution in [0.5, 0.6) is 5.75 Å². The number of rotatable bonds is 4. The fourth-order valence-corrected chi connectivity index (χ4v) is 1.83. The summed E-state index contributed by atoms with van der Waals surface area (Å²) in [5.41, 5.74) is 6.61. The third-order valence-electron chi connectivity index (χ3n) is 3.32. The van der Waals surface area contributed by atoms with Gasteiger partial charge in [-0.1, -0.05) is 38.5 Å². The topological polar surface area (TPSA) is 96.1 Å². The molecule has 2 aromatic rings. The molecule has 2 rings (SSSR count). The van der Waals surface area contributed by atoms with E-state index in [9.17, 15) is 9.59 Å². The number of ether oxygens (including phenoxy) is 1. The van der Waals surface area contributed by atoms with Crippen molar-refractivity contribution in [3.05, 3.63) is 47.3 Å². The zero-order valence-electron chi connectivity index (χ0n) is 14.3. The molecular weight excluding hydrogens is 308 g/mol. The Morgan fingerprint density at radius 3 is 2.42 bits per heavy atom. The minimum Gasteiger partial charge on any atom is -0.484 e. The Morgan fingerprint density at radius 1 is 1.17 bits per heavy atom. The minimum atomic E-state index is -0.495. The van der Waals surface area contributed by atoms with Gasteiger partial charge in [0.25, 0.3) is 11.8 Å². The van der Waals surface area contributed by atoms with Crippen molar-refractivity contribution in [2.24, 2.45) is 0 Å². The van der Waals surface area contributed by atoms with Crippen LogP contribution in [0.4, 0.5) is 0 Å². The van der Waals surface area contributed by atoms with E-state index in [0.717, 1.165) is 11.3 Å². The number of aryl methyl sites for hydroxylation is 1. The van der Waals surface area contributed by atoms with Crippen molar-refractivity contribution in [3.8, 4) is 5.75 Å². The molecule has 2 amide bonds. The van der Waals surface area contributed by atoms with Gasteiger partial charge in [-0.05, 0) is 25.1 Å². The number of hydrogen-bond donors (Lipinski definition) is 3. The third-order valence-corrected chi connectivity index (χ3v) is 3.32. The molecule has 0 spiro atoms. The summed E-state index contributed by atoms with van der Waals surface area (Å²) in [4.78, 5) is 23.7. The normalized spacial score (nSPS) is 11.0. The smallest absolute Gasteiger partial charge is 0.290 e. The molecule has 0 bridgehead atoms. The van der Waals surface area contributed by atoms with E-state index in [-0.39, 0.29) is 17.7 Å². The number of nitrogens with one attached hydrogen (secondary N) is 3. The lowest BCUT2D eigenvalue weighted by Gasteiger charge is -2.14. The Bertz CT molecular complexity index is 714. The summed E-state index contributed by atoms with van der Waals surface area (Å²) in [5, 5.41) is 6.76. The van der Waals surface area contributed by atoms with Crippen LogP contribution in [-0.2, 0) is 10.2 Å². The number of H-pyrrole nitrogens is 1. The van der Waals surface area contributed by atoms with Gasteiger partial charge in [0.05, 0.1) is 0 Å². The molecule has 0 unspecified atom stereocenters. The molecule has 0 aliphatic carbocycles. The number of aromatic nitrogens is 2. The highest BCUT2D eigenvalue weighted by Crippen LogP contribution is 2.20. The van der Waals surface area contributed by atoms with Crippen molar-refractivity contribution in [2.75, 3.05) is 6.61 Å². The minimum absolute atomic E-state index is 0.142. The predicted molar refractivity (Wildman–Crippen MR) is 89.6 cm³/mol. The van der Waals surface area contributed by atoms with Gasteiger partial charge < -0.3 is 4.74 Å². The largest absolute Gasteiger partial charge is 0.484 e. The first-order chi connectivity index (χ1) is 11.3. The molecule has 0 atom stereocenters. The van der Waals surface area contributed by atoms with Crippen molar-refractivity contribution < 1.29 is 14.3 Å². The summed E-state index contributed by atoms with van der Waals surface area (Å²) in [6.45, 7) is 7.79. The first-order valence-electron chi connectivity index (χ1n) is 7.60. The van der Waals surface area contributed by atoms with E-state index in [1.165, 1.54) is 0 Å². The number of benzene rings is 1. The highest BCUT2D eigenvalue weighted by Gasteiger charge is 2.19. The van der Waals surface area contributed by atoms with Crippen LogP contribution < -0.4 is 15.6 Å². The number of carbonyl (C=O) groups is 2. The monoisotopic (exact) mass is 330 g/mol. The molecule has 24 heavy (non-hydrogen) atoms. The van der Waals surface area contributed by atoms with E-state index in [1.807, 2.05) is 39.8 Å². The average molecular weight is 330 g/mol. The van der Waals surface area contributed by atoms with Crippen LogP contribution in [-0.4, -0.2) is 28.6 Å². The summed E-state index contributed by atoms with van der Waals surface area (Å²) in [5.74, 6) is -0.370. The molecule has 0 fully saturated rings. The van der Waals surface area contributed by atoms with Gasteiger partial charge >= 0.3 is 0 Å². The number of hydrazine groups is 1. The molecular formula is C17H22N4O3. The summed E-state index contributed by atoms with van der Waals surface area (Å²) in [6, 6.07) is 8.99. The maximum atomic E-state index is 12.0. The number of carbonyl (C=O) groups excluding carboxylic acids is 2. The number of hydrogen-bond acceptors (Lipinski definition) is 4. The van der Waals surface area contributed by atoms with Gasteiger partial charge in [0.15, 0.2) is 12.3 Å². The number of nitrogens with zero attached hydrogens (tertiary/aromatic N) is 1. The summed E-state index contributed by atoms with van der Waals surface area (Å²) >= 11 is 0.